The van der Waals surface area contributed by atoms with Crippen LogP contribution in [0.15, 0.2) is 47.4 Å². The Morgan fingerprint density at radius 1 is 1.45 bits per heavy atom. The fourth-order valence-electron chi connectivity index (χ4n) is 1.67. The summed E-state index contributed by atoms with van der Waals surface area (Å²) < 4.78 is 10.4. The summed E-state index contributed by atoms with van der Waals surface area (Å²) in [5.74, 6) is -0.966. The predicted molar refractivity (Wildman–Crippen MR) is 74.3 cm³/mol. The molecule has 1 N–H and O–H groups in total. The lowest BCUT2D eigenvalue weighted by atomic mass is 10.2. The van der Waals surface area contributed by atoms with E-state index in [1.54, 1.807) is 18.2 Å². The second-order valence-corrected chi connectivity index (χ2v) is 4.23. The molecule has 5 heteroatoms. The Morgan fingerprint density at radius 2 is 2.20 bits per heavy atom. The van der Waals surface area contributed by atoms with Crippen LogP contribution >= 0.6 is 0 Å². The van der Waals surface area contributed by atoms with E-state index in [1.165, 1.54) is 6.92 Å². The molecule has 2 rings (SSSR count). The monoisotopic (exact) mass is 273 g/mol. The molecule has 0 saturated heterocycles. The number of rotatable bonds is 5. The van der Waals surface area contributed by atoms with E-state index < -0.39 is 12.1 Å². The number of esters is 1. The molecule has 0 spiro atoms. The molecule has 0 saturated carbocycles. The van der Waals surface area contributed by atoms with Crippen LogP contribution < -0.4 is 5.32 Å². The van der Waals surface area contributed by atoms with Gasteiger partial charge < -0.3 is 14.5 Å². The molecular weight excluding hydrogens is 258 g/mol. The molecule has 0 aliphatic heterocycles. The van der Waals surface area contributed by atoms with Gasteiger partial charge in [-0.2, -0.15) is 0 Å². The molecule has 1 aromatic carbocycles. The normalized spacial score (nSPS) is 11.8. The van der Waals surface area contributed by atoms with Crippen molar-refractivity contribution >= 4 is 22.8 Å². The van der Waals surface area contributed by atoms with E-state index in [1.807, 2.05) is 18.2 Å². The number of furan rings is 1. The number of carbonyl (C=O) groups is 2. The number of nitrogens with one attached hydrogen (secondary N) is 1. The number of para-hydroxylation sites is 1. The molecule has 2 aromatic rings. The molecule has 0 fully saturated rings. The van der Waals surface area contributed by atoms with Crippen molar-refractivity contribution in [2.24, 2.45) is 0 Å². The molecule has 104 valence electrons. The van der Waals surface area contributed by atoms with E-state index in [0.29, 0.717) is 12.1 Å². The Morgan fingerprint density at radius 3 is 2.90 bits per heavy atom. The van der Waals surface area contributed by atoms with Gasteiger partial charge in [0.2, 0.25) is 5.76 Å². The molecule has 1 amide bonds. The Bertz CT molecular complexity index is 611. The first kappa shape index (κ1) is 13.9. The summed E-state index contributed by atoms with van der Waals surface area (Å²) >= 11 is 0. The maximum atomic E-state index is 11.9. The molecule has 0 bridgehead atoms. The van der Waals surface area contributed by atoms with E-state index in [2.05, 4.69) is 11.9 Å². The van der Waals surface area contributed by atoms with Gasteiger partial charge in [0.15, 0.2) is 6.10 Å². The lowest BCUT2D eigenvalue weighted by molar-refractivity contribution is -0.128. The zero-order valence-electron chi connectivity index (χ0n) is 11.1. The molecule has 1 atom stereocenters. The van der Waals surface area contributed by atoms with Crippen molar-refractivity contribution in [3.63, 3.8) is 0 Å². The number of amides is 1. The molecule has 0 unspecified atom stereocenters. The minimum absolute atomic E-state index is 0.0783. The highest BCUT2D eigenvalue weighted by Crippen LogP contribution is 2.19. The first-order valence-corrected chi connectivity index (χ1v) is 6.20. The van der Waals surface area contributed by atoms with E-state index in [-0.39, 0.29) is 11.7 Å². The molecule has 0 aliphatic carbocycles. The van der Waals surface area contributed by atoms with E-state index >= 15 is 0 Å². The van der Waals surface area contributed by atoms with Gasteiger partial charge >= 0.3 is 5.97 Å². The highest BCUT2D eigenvalue weighted by Gasteiger charge is 2.20. The summed E-state index contributed by atoms with van der Waals surface area (Å²) in [4.78, 5) is 23.5. The molecule has 5 nitrogen and oxygen atoms in total. The lowest BCUT2D eigenvalue weighted by Gasteiger charge is -2.11. The van der Waals surface area contributed by atoms with Crippen LogP contribution in [0.25, 0.3) is 11.0 Å². The van der Waals surface area contributed by atoms with Crippen LogP contribution in [0.2, 0.25) is 0 Å². The number of hydrogen-bond donors (Lipinski definition) is 1. The smallest absolute Gasteiger partial charge is 0.375 e. The van der Waals surface area contributed by atoms with Gasteiger partial charge in [0.25, 0.3) is 5.91 Å². The second kappa shape index (κ2) is 6.06. The first-order valence-electron chi connectivity index (χ1n) is 6.20. The van der Waals surface area contributed by atoms with Crippen molar-refractivity contribution in [1.82, 2.24) is 5.32 Å². The van der Waals surface area contributed by atoms with Crippen LogP contribution in [0, 0.1) is 0 Å². The zero-order chi connectivity index (χ0) is 14.5. The topological polar surface area (TPSA) is 68.5 Å². The summed E-state index contributed by atoms with van der Waals surface area (Å²) in [5, 5.41) is 3.36. The highest BCUT2D eigenvalue weighted by molar-refractivity contribution is 5.94. The van der Waals surface area contributed by atoms with E-state index in [9.17, 15) is 9.59 Å². The Kier molecular flexibility index (Phi) is 4.20. The maximum Gasteiger partial charge on any atom is 0.375 e. The molecule has 20 heavy (non-hydrogen) atoms. The predicted octanol–water partition coefficient (Wildman–Crippen LogP) is 2.28. The average Bonchev–Trinajstić information content (AvgIpc) is 2.88. The van der Waals surface area contributed by atoms with Crippen molar-refractivity contribution < 1.29 is 18.7 Å². The fourth-order valence-corrected chi connectivity index (χ4v) is 1.67. The fraction of sp³-hybridized carbons (Fsp3) is 0.200. The minimum atomic E-state index is -0.893. The van der Waals surface area contributed by atoms with Crippen molar-refractivity contribution in [3.8, 4) is 0 Å². The van der Waals surface area contributed by atoms with Gasteiger partial charge in [-0.25, -0.2) is 4.79 Å². The van der Waals surface area contributed by atoms with E-state index in [0.717, 1.165) is 5.39 Å². The number of ether oxygens (including phenoxy) is 1. The van der Waals surface area contributed by atoms with Crippen LogP contribution in [0.3, 0.4) is 0 Å². The molecular formula is C15H15NO4. The Hall–Kier alpha value is -2.56. The molecule has 1 aromatic heterocycles. The van der Waals surface area contributed by atoms with Gasteiger partial charge in [-0.15, -0.1) is 6.58 Å². The second-order valence-electron chi connectivity index (χ2n) is 4.23. The van der Waals surface area contributed by atoms with Crippen molar-refractivity contribution in [3.05, 3.63) is 48.7 Å². The van der Waals surface area contributed by atoms with Crippen molar-refractivity contribution in [1.29, 1.82) is 0 Å². The molecule has 0 aliphatic rings. The standard InChI is InChI=1S/C15H15NO4/c1-3-8-16-14(17)10(2)19-15(18)13-9-11-6-4-5-7-12(11)20-13/h3-7,9-10H,1,8H2,2H3,(H,16,17)/t10-/m0/s1. The van der Waals surface area contributed by atoms with Gasteiger partial charge in [0, 0.05) is 11.9 Å². The summed E-state index contributed by atoms with van der Waals surface area (Å²) in [5.41, 5.74) is 0.600. The van der Waals surface area contributed by atoms with Gasteiger partial charge in [0.1, 0.15) is 5.58 Å². The minimum Gasteiger partial charge on any atom is -0.449 e. The SMILES string of the molecule is C=CCNC(=O)[C@H](C)OC(=O)c1cc2ccccc2o1. The zero-order valence-corrected chi connectivity index (χ0v) is 11.1. The number of benzene rings is 1. The van der Waals surface area contributed by atoms with Crippen LogP contribution in [0.5, 0.6) is 0 Å². The van der Waals surface area contributed by atoms with Crippen molar-refractivity contribution in [2.75, 3.05) is 6.54 Å². The largest absolute Gasteiger partial charge is 0.449 e. The third-order valence-corrected chi connectivity index (χ3v) is 2.70. The van der Waals surface area contributed by atoms with Gasteiger partial charge in [-0.05, 0) is 19.1 Å². The van der Waals surface area contributed by atoms with Crippen molar-refractivity contribution in [2.45, 2.75) is 13.0 Å². The number of fused-ring (bicyclic) bond motifs is 1. The number of carbonyl (C=O) groups excluding carboxylic acids is 2. The third kappa shape index (κ3) is 3.06. The summed E-state index contributed by atoms with van der Waals surface area (Å²) in [7, 11) is 0. The highest BCUT2D eigenvalue weighted by atomic mass is 16.6. The summed E-state index contributed by atoms with van der Waals surface area (Å²) in [6, 6.07) is 8.83. The number of hydrogen-bond acceptors (Lipinski definition) is 4. The van der Waals surface area contributed by atoms with Gasteiger partial charge in [0.05, 0.1) is 0 Å². The maximum absolute atomic E-state index is 11.9. The molecule has 0 radical (unpaired) electrons. The summed E-state index contributed by atoms with van der Waals surface area (Å²) in [6.45, 7) is 5.31. The Balaban J connectivity index is 2.04. The quantitative estimate of drug-likeness (QED) is 0.670. The van der Waals surface area contributed by atoms with Crippen LogP contribution in [-0.4, -0.2) is 24.5 Å². The average molecular weight is 273 g/mol. The van der Waals surface area contributed by atoms with Crippen LogP contribution in [0.1, 0.15) is 17.5 Å². The van der Waals surface area contributed by atoms with E-state index in [4.69, 9.17) is 9.15 Å². The third-order valence-electron chi connectivity index (χ3n) is 2.70. The van der Waals surface area contributed by atoms with Gasteiger partial charge in [-0.1, -0.05) is 24.3 Å². The Labute approximate surface area is 116 Å². The van der Waals surface area contributed by atoms with Crippen LogP contribution in [0.4, 0.5) is 0 Å². The first-order chi connectivity index (χ1) is 9.61. The van der Waals surface area contributed by atoms with Crippen LogP contribution in [-0.2, 0) is 9.53 Å². The summed E-state index contributed by atoms with van der Waals surface area (Å²) in [6.07, 6.45) is 0.654. The van der Waals surface area contributed by atoms with Gasteiger partial charge in [-0.3, -0.25) is 4.79 Å². The lowest BCUT2D eigenvalue weighted by Crippen LogP contribution is -2.35. The molecule has 1 heterocycles.